The molecule has 2 rings (SSSR count). The van der Waals surface area contributed by atoms with E-state index in [2.05, 4.69) is 8.75 Å². The number of piperidine rings is 1. The van der Waals surface area contributed by atoms with Gasteiger partial charge in [-0.25, -0.2) is 0 Å². The number of hydrogen-bond acceptors (Lipinski definition) is 5. The molecule has 0 saturated carbocycles. The van der Waals surface area contributed by atoms with Crippen LogP contribution in [0.2, 0.25) is 0 Å². The zero-order valence-electron chi connectivity index (χ0n) is 8.50. The number of nitrogens with zero attached hydrogens (tertiary/aromatic N) is 3. The van der Waals surface area contributed by atoms with Crippen LogP contribution in [0.1, 0.15) is 23.3 Å². The van der Waals surface area contributed by atoms with Crippen molar-refractivity contribution < 1.29 is 14.7 Å². The van der Waals surface area contributed by atoms with Crippen LogP contribution in [0.4, 0.5) is 0 Å². The number of amides is 1. The number of aromatic nitrogens is 2. The predicted molar refractivity (Wildman–Crippen MR) is 56.2 cm³/mol. The molecule has 6 nitrogen and oxygen atoms in total. The van der Waals surface area contributed by atoms with E-state index in [9.17, 15) is 9.59 Å². The van der Waals surface area contributed by atoms with Gasteiger partial charge in [-0.05, 0) is 12.8 Å². The molecule has 1 atom stereocenters. The highest BCUT2D eigenvalue weighted by atomic mass is 32.1. The maximum absolute atomic E-state index is 11.9. The predicted octanol–water partition coefficient (Wildman–Crippen LogP) is 0.475. The van der Waals surface area contributed by atoms with Crippen molar-refractivity contribution in [2.24, 2.45) is 5.92 Å². The number of carbonyl (C=O) groups excluding carboxylic acids is 1. The smallest absolute Gasteiger partial charge is 0.308 e. The Hall–Kier alpha value is -1.50. The maximum atomic E-state index is 11.9. The van der Waals surface area contributed by atoms with Gasteiger partial charge in [0.15, 0.2) is 5.69 Å². The highest BCUT2D eigenvalue weighted by molar-refractivity contribution is 6.99. The van der Waals surface area contributed by atoms with Gasteiger partial charge in [0.1, 0.15) is 0 Å². The quantitative estimate of drug-likeness (QED) is 0.814. The molecule has 1 aromatic heterocycles. The molecule has 1 aliphatic rings. The Morgan fingerprint density at radius 2 is 2.38 bits per heavy atom. The van der Waals surface area contributed by atoms with Crippen LogP contribution in [0.3, 0.4) is 0 Å². The van der Waals surface area contributed by atoms with Gasteiger partial charge in [0.05, 0.1) is 23.8 Å². The molecule has 2 heterocycles. The average molecular weight is 241 g/mol. The molecule has 0 aliphatic carbocycles. The SMILES string of the molecule is O=C(O)[C@H]1CCCN(C(=O)c2cnsn2)C1. The molecule has 86 valence electrons. The van der Waals surface area contributed by atoms with Gasteiger partial charge in [0.2, 0.25) is 0 Å². The lowest BCUT2D eigenvalue weighted by Crippen LogP contribution is -2.42. The number of hydrogen-bond donors (Lipinski definition) is 1. The highest BCUT2D eigenvalue weighted by Gasteiger charge is 2.29. The van der Waals surface area contributed by atoms with Gasteiger partial charge in [-0.1, -0.05) is 0 Å². The minimum atomic E-state index is -0.839. The van der Waals surface area contributed by atoms with Gasteiger partial charge in [0, 0.05) is 13.1 Å². The fourth-order valence-electron chi connectivity index (χ4n) is 1.78. The van der Waals surface area contributed by atoms with Crippen LogP contribution in [-0.2, 0) is 4.79 Å². The summed E-state index contributed by atoms with van der Waals surface area (Å²) in [6.45, 7) is 0.867. The minimum absolute atomic E-state index is 0.222. The maximum Gasteiger partial charge on any atom is 0.308 e. The van der Waals surface area contributed by atoms with Crippen molar-refractivity contribution in [1.29, 1.82) is 0 Å². The molecule has 1 amide bonds. The summed E-state index contributed by atoms with van der Waals surface area (Å²) in [7, 11) is 0. The molecule has 1 saturated heterocycles. The molecular weight excluding hydrogens is 230 g/mol. The molecule has 1 N–H and O–H groups in total. The first-order valence-corrected chi connectivity index (χ1v) is 5.71. The van der Waals surface area contributed by atoms with Crippen LogP contribution in [0.15, 0.2) is 6.20 Å². The largest absolute Gasteiger partial charge is 0.481 e. The summed E-state index contributed by atoms with van der Waals surface area (Å²) in [5.74, 6) is -1.52. The van der Waals surface area contributed by atoms with Crippen molar-refractivity contribution >= 4 is 23.6 Å². The first-order valence-electron chi connectivity index (χ1n) is 4.98. The van der Waals surface area contributed by atoms with Crippen LogP contribution < -0.4 is 0 Å². The molecule has 0 unspecified atom stereocenters. The van der Waals surface area contributed by atoms with Crippen LogP contribution >= 0.6 is 11.7 Å². The van der Waals surface area contributed by atoms with Gasteiger partial charge in [0.25, 0.3) is 5.91 Å². The van der Waals surface area contributed by atoms with E-state index in [-0.39, 0.29) is 12.5 Å². The molecule has 0 spiro atoms. The van der Waals surface area contributed by atoms with Crippen molar-refractivity contribution in [3.63, 3.8) is 0 Å². The van der Waals surface area contributed by atoms with Gasteiger partial charge in [-0.3, -0.25) is 9.59 Å². The highest BCUT2D eigenvalue weighted by Crippen LogP contribution is 2.18. The van der Waals surface area contributed by atoms with Crippen molar-refractivity contribution in [1.82, 2.24) is 13.6 Å². The fraction of sp³-hybridized carbons (Fsp3) is 0.556. The summed E-state index contributed by atoms with van der Waals surface area (Å²) in [5, 5.41) is 8.90. The van der Waals surface area contributed by atoms with E-state index >= 15 is 0 Å². The van der Waals surface area contributed by atoms with E-state index in [0.717, 1.165) is 18.1 Å². The van der Waals surface area contributed by atoms with E-state index in [1.165, 1.54) is 6.20 Å². The third-order valence-electron chi connectivity index (χ3n) is 2.64. The normalized spacial score (nSPS) is 20.8. The Bertz CT molecular complexity index is 393. The summed E-state index contributed by atoms with van der Waals surface area (Å²) in [5.41, 5.74) is 0.302. The minimum Gasteiger partial charge on any atom is -0.481 e. The van der Waals surface area contributed by atoms with E-state index in [1.54, 1.807) is 4.90 Å². The van der Waals surface area contributed by atoms with Crippen molar-refractivity contribution in [2.75, 3.05) is 13.1 Å². The van der Waals surface area contributed by atoms with Crippen LogP contribution in [0, 0.1) is 5.92 Å². The van der Waals surface area contributed by atoms with Gasteiger partial charge in [-0.2, -0.15) is 8.75 Å². The standard InChI is InChI=1S/C9H11N3O3S/c13-8(7-4-10-16-11-7)12-3-1-2-6(5-12)9(14)15/h4,6H,1-3,5H2,(H,14,15)/t6-/m0/s1. The Morgan fingerprint density at radius 1 is 1.56 bits per heavy atom. The molecule has 16 heavy (non-hydrogen) atoms. The molecule has 7 heteroatoms. The monoisotopic (exact) mass is 241 g/mol. The number of carbonyl (C=O) groups is 2. The van der Waals surface area contributed by atoms with Gasteiger partial charge < -0.3 is 10.0 Å². The molecule has 1 fully saturated rings. The van der Waals surface area contributed by atoms with Crippen LogP contribution in [-0.4, -0.2) is 43.7 Å². The van der Waals surface area contributed by atoms with Gasteiger partial charge in [-0.15, -0.1) is 0 Å². The number of carboxylic acids is 1. The second kappa shape index (κ2) is 4.56. The lowest BCUT2D eigenvalue weighted by atomic mass is 9.98. The second-order valence-corrected chi connectivity index (χ2v) is 4.28. The number of rotatable bonds is 2. The fourth-order valence-corrected chi connectivity index (χ4v) is 2.19. The third-order valence-corrected chi connectivity index (χ3v) is 3.12. The van der Waals surface area contributed by atoms with Crippen molar-refractivity contribution in [2.45, 2.75) is 12.8 Å². The van der Waals surface area contributed by atoms with E-state index in [4.69, 9.17) is 5.11 Å². The average Bonchev–Trinajstić information content (AvgIpc) is 2.81. The first kappa shape index (κ1) is 11.0. The summed E-state index contributed by atoms with van der Waals surface area (Å²) >= 11 is 0.975. The Labute approximate surface area is 96.2 Å². The molecule has 1 aliphatic heterocycles. The summed E-state index contributed by atoms with van der Waals surface area (Å²) < 4.78 is 7.61. The van der Waals surface area contributed by atoms with Gasteiger partial charge >= 0.3 is 5.97 Å². The third kappa shape index (κ3) is 2.19. The Balaban J connectivity index is 2.05. The summed E-state index contributed by atoms with van der Waals surface area (Å²) in [6.07, 6.45) is 2.77. The lowest BCUT2D eigenvalue weighted by molar-refractivity contribution is -0.143. The summed E-state index contributed by atoms with van der Waals surface area (Å²) in [6, 6.07) is 0. The Morgan fingerprint density at radius 3 is 3.00 bits per heavy atom. The zero-order valence-corrected chi connectivity index (χ0v) is 9.31. The van der Waals surface area contributed by atoms with Crippen molar-refractivity contribution in [3.05, 3.63) is 11.9 Å². The van der Waals surface area contributed by atoms with E-state index in [0.29, 0.717) is 18.7 Å². The van der Waals surface area contributed by atoms with E-state index in [1.807, 2.05) is 0 Å². The first-order chi connectivity index (χ1) is 7.68. The second-order valence-electron chi connectivity index (χ2n) is 3.72. The molecular formula is C9H11N3O3S. The number of aliphatic carboxylic acids is 1. The van der Waals surface area contributed by atoms with Crippen LogP contribution in [0.5, 0.6) is 0 Å². The van der Waals surface area contributed by atoms with Crippen LogP contribution in [0.25, 0.3) is 0 Å². The van der Waals surface area contributed by atoms with Crippen molar-refractivity contribution in [3.8, 4) is 0 Å². The van der Waals surface area contributed by atoms with E-state index < -0.39 is 11.9 Å². The number of likely N-dealkylation sites (tertiary alicyclic amines) is 1. The summed E-state index contributed by atoms with van der Waals surface area (Å²) in [4.78, 5) is 24.3. The molecule has 1 aromatic rings. The topological polar surface area (TPSA) is 83.4 Å². The lowest BCUT2D eigenvalue weighted by Gasteiger charge is -2.29. The molecule has 0 radical (unpaired) electrons. The zero-order chi connectivity index (χ0) is 11.5. The molecule has 0 aromatic carbocycles. The molecule has 0 bridgehead atoms. The number of carboxylic acid groups (broad SMARTS) is 1. The Kier molecular flexibility index (Phi) is 3.14.